The number of carbonyl (C=O) groups excluding carboxylic acids is 1. The minimum atomic E-state index is -0.819. The highest BCUT2D eigenvalue weighted by Gasteiger charge is 2.34. The van der Waals surface area contributed by atoms with Crippen LogP contribution in [0.15, 0.2) is 24.3 Å². The van der Waals surface area contributed by atoms with Crippen molar-refractivity contribution in [1.82, 2.24) is 5.32 Å². The molecule has 1 fully saturated rings. The summed E-state index contributed by atoms with van der Waals surface area (Å²) in [5.41, 5.74) is 1.80. The summed E-state index contributed by atoms with van der Waals surface area (Å²) < 4.78 is 0. The molecule has 1 aromatic carbocycles. The van der Waals surface area contributed by atoms with Gasteiger partial charge in [0.25, 0.3) is 5.91 Å². The van der Waals surface area contributed by atoms with Crippen LogP contribution in [0.4, 0.5) is 0 Å². The van der Waals surface area contributed by atoms with Crippen LogP contribution >= 0.6 is 0 Å². The second-order valence-corrected chi connectivity index (χ2v) is 6.78. The Hall–Kier alpha value is -1.84. The van der Waals surface area contributed by atoms with Crippen LogP contribution in [0.1, 0.15) is 56.0 Å². The molecule has 2 atom stereocenters. The van der Waals surface area contributed by atoms with E-state index < -0.39 is 11.9 Å². The van der Waals surface area contributed by atoms with Gasteiger partial charge in [0.2, 0.25) is 0 Å². The SMILES string of the molecule is CC(C)(C)c1ccc(C(=O)N[C@@H]2CCC[C@@H]2C(=O)O)cc1. The molecule has 4 heteroatoms. The van der Waals surface area contributed by atoms with Crippen molar-refractivity contribution in [1.29, 1.82) is 0 Å². The Kier molecular flexibility index (Phi) is 4.35. The number of hydrogen-bond donors (Lipinski definition) is 2. The predicted octanol–water partition coefficient (Wildman–Crippen LogP) is 2.97. The maximum atomic E-state index is 12.2. The van der Waals surface area contributed by atoms with Crippen LogP contribution in [0.5, 0.6) is 0 Å². The minimum absolute atomic E-state index is 0.0505. The first-order valence-corrected chi connectivity index (χ1v) is 7.43. The number of benzene rings is 1. The van der Waals surface area contributed by atoms with Crippen molar-refractivity contribution in [3.05, 3.63) is 35.4 Å². The Bertz CT molecular complexity index is 528. The molecule has 1 saturated carbocycles. The topological polar surface area (TPSA) is 66.4 Å². The third kappa shape index (κ3) is 3.63. The lowest BCUT2D eigenvalue weighted by atomic mass is 9.86. The van der Waals surface area contributed by atoms with Crippen LogP contribution < -0.4 is 5.32 Å². The molecule has 0 heterocycles. The summed E-state index contributed by atoms with van der Waals surface area (Å²) in [7, 11) is 0. The van der Waals surface area contributed by atoms with Crippen molar-refractivity contribution in [2.75, 3.05) is 0 Å². The van der Waals surface area contributed by atoms with Gasteiger partial charge < -0.3 is 10.4 Å². The van der Waals surface area contributed by atoms with Gasteiger partial charge in [-0.3, -0.25) is 9.59 Å². The summed E-state index contributed by atoms with van der Waals surface area (Å²) in [5.74, 6) is -1.46. The lowest BCUT2D eigenvalue weighted by Crippen LogP contribution is -2.40. The highest BCUT2D eigenvalue weighted by atomic mass is 16.4. The zero-order chi connectivity index (χ0) is 15.6. The summed E-state index contributed by atoms with van der Waals surface area (Å²) in [6.07, 6.45) is 2.23. The largest absolute Gasteiger partial charge is 0.481 e. The molecular weight excluding hydrogens is 266 g/mol. The first-order valence-electron chi connectivity index (χ1n) is 7.43. The Labute approximate surface area is 125 Å². The van der Waals surface area contributed by atoms with Crippen LogP contribution in [0, 0.1) is 5.92 Å². The van der Waals surface area contributed by atoms with E-state index in [1.807, 2.05) is 12.1 Å². The third-order valence-electron chi connectivity index (χ3n) is 4.16. The van der Waals surface area contributed by atoms with Gasteiger partial charge >= 0.3 is 5.97 Å². The average Bonchev–Trinajstić information content (AvgIpc) is 2.86. The highest BCUT2D eigenvalue weighted by molar-refractivity contribution is 5.94. The van der Waals surface area contributed by atoms with E-state index in [0.717, 1.165) is 12.8 Å². The van der Waals surface area contributed by atoms with E-state index in [2.05, 4.69) is 26.1 Å². The summed E-state index contributed by atoms with van der Waals surface area (Å²) in [6.45, 7) is 6.37. The van der Waals surface area contributed by atoms with Gasteiger partial charge in [-0.25, -0.2) is 0 Å². The summed E-state index contributed by atoms with van der Waals surface area (Å²) in [4.78, 5) is 23.4. The summed E-state index contributed by atoms with van der Waals surface area (Å²) in [6, 6.07) is 7.27. The van der Waals surface area contributed by atoms with Gasteiger partial charge in [0.15, 0.2) is 0 Å². The lowest BCUT2D eigenvalue weighted by molar-refractivity contribution is -0.142. The molecule has 0 saturated heterocycles. The molecule has 114 valence electrons. The molecule has 2 rings (SSSR count). The van der Waals surface area contributed by atoms with Gasteiger partial charge in [0, 0.05) is 11.6 Å². The molecule has 0 bridgehead atoms. The van der Waals surface area contributed by atoms with Crippen LogP contribution in [-0.2, 0) is 10.2 Å². The van der Waals surface area contributed by atoms with Crippen molar-refractivity contribution in [3.63, 3.8) is 0 Å². The first-order chi connectivity index (χ1) is 9.79. The molecule has 21 heavy (non-hydrogen) atoms. The number of carboxylic acid groups (broad SMARTS) is 1. The Balaban J connectivity index is 2.05. The highest BCUT2D eigenvalue weighted by Crippen LogP contribution is 2.26. The second kappa shape index (κ2) is 5.88. The third-order valence-corrected chi connectivity index (χ3v) is 4.16. The van der Waals surface area contributed by atoms with E-state index in [-0.39, 0.29) is 17.4 Å². The molecule has 0 spiro atoms. The van der Waals surface area contributed by atoms with Gasteiger partial charge in [-0.2, -0.15) is 0 Å². The van der Waals surface area contributed by atoms with Crippen LogP contribution in [0.3, 0.4) is 0 Å². The monoisotopic (exact) mass is 289 g/mol. The lowest BCUT2D eigenvalue weighted by Gasteiger charge is -2.20. The zero-order valence-electron chi connectivity index (χ0n) is 12.8. The predicted molar refractivity (Wildman–Crippen MR) is 81.4 cm³/mol. The first kappa shape index (κ1) is 15.5. The Morgan fingerprint density at radius 2 is 1.76 bits per heavy atom. The van der Waals surface area contributed by atoms with Gasteiger partial charge in [-0.05, 0) is 36.0 Å². The fraction of sp³-hybridized carbons (Fsp3) is 0.529. The molecule has 0 radical (unpaired) electrons. The van der Waals surface area contributed by atoms with Crippen LogP contribution in [0.2, 0.25) is 0 Å². The number of amides is 1. The fourth-order valence-corrected chi connectivity index (χ4v) is 2.80. The van der Waals surface area contributed by atoms with E-state index in [9.17, 15) is 9.59 Å². The fourth-order valence-electron chi connectivity index (χ4n) is 2.80. The summed E-state index contributed by atoms with van der Waals surface area (Å²) in [5, 5.41) is 12.0. The molecule has 0 aliphatic heterocycles. The number of carboxylic acids is 1. The molecule has 2 N–H and O–H groups in total. The molecule has 0 aromatic heterocycles. The van der Waals surface area contributed by atoms with E-state index in [1.54, 1.807) is 12.1 Å². The van der Waals surface area contributed by atoms with E-state index >= 15 is 0 Å². The number of rotatable bonds is 3. The van der Waals surface area contributed by atoms with E-state index in [1.165, 1.54) is 5.56 Å². The average molecular weight is 289 g/mol. The van der Waals surface area contributed by atoms with Crippen LogP contribution in [-0.4, -0.2) is 23.0 Å². The smallest absolute Gasteiger partial charge is 0.308 e. The number of hydrogen-bond acceptors (Lipinski definition) is 2. The quantitative estimate of drug-likeness (QED) is 0.899. The Morgan fingerprint density at radius 3 is 2.29 bits per heavy atom. The molecule has 4 nitrogen and oxygen atoms in total. The number of carbonyl (C=O) groups is 2. The van der Waals surface area contributed by atoms with Crippen molar-refractivity contribution in [3.8, 4) is 0 Å². The normalized spacial score (nSPS) is 22.0. The number of aliphatic carboxylic acids is 1. The standard InChI is InChI=1S/C17H23NO3/c1-17(2,3)12-9-7-11(8-10-12)15(19)18-14-6-4-5-13(14)16(20)21/h7-10,13-14H,4-6H2,1-3H3,(H,18,19)(H,20,21)/t13-,14+/m0/s1. The van der Waals surface area contributed by atoms with Crippen molar-refractivity contribution in [2.24, 2.45) is 5.92 Å². The maximum Gasteiger partial charge on any atom is 0.308 e. The van der Waals surface area contributed by atoms with Crippen LogP contribution in [0.25, 0.3) is 0 Å². The van der Waals surface area contributed by atoms with Crippen molar-refractivity contribution >= 4 is 11.9 Å². The molecule has 1 aliphatic carbocycles. The van der Waals surface area contributed by atoms with E-state index in [0.29, 0.717) is 12.0 Å². The second-order valence-electron chi connectivity index (χ2n) is 6.78. The van der Waals surface area contributed by atoms with E-state index in [4.69, 9.17) is 5.11 Å². The maximum absolute atomic E-state index is 12.2. The van der Waals surface area contributed by atoms with Crippen molar-refractivity contribution in [2.45, 2.75) is 51.5 Å². The number of nitrogens with one attached hydrogen (secondary N) is 1. The van der Waals surface area contributed by atoms with Crippen molar-refractivity contribution < 1.29 is 14.7 Å². The molecule has 1 aromatic rings. The summed E-state index contributed by atoms with van der Waals surface area (Å²) >= 11 is 0. The molecular formula is C17H23NO3. The van der Waals surface area contributed by atoms with Gasteiger partial charge in [-0.1, -0.05) is 39.3 Å². The Morgan fingerprint density at radius 1 is 1.14 bits per heavy atom. The molecule has 1 amide bonds. The minimum Gasteiger partial charge on any atom is -0.481 e. The van der Waals surface area contributed by atoms with Gasteiger partial charge in [0.05, 0.1) is 5.92 Å². The van der Waals surface area contributed by atoms with Gasteiger partial charge in [0.1, 0.15) is 0 Å². The molecule has 0 unspecified atom stereocenters. The zero-order valence-corrected chi connectivity index (χ0v) is 12.8. The molecule has 1 aliphatic rings. The van der Waals surface area contributed by atoms with Gasteiger partial charge in [-0.15, -0.1) is 0 Å².